The van der Waals surface area contributed by atoms with Crippen molar-refractivity contribution in [3.8, 4) is 17.2 Å². The topological polar surface area (TPSA) is 96.9 Å². The standard InChI is InChI=1S/C30H25N3O5S/c1-36-27-16-23(12-13-26(27)34)18-31-32-30-33(19-25-11-6-14-37-25)29(35)28(39-30)17-22-9-5-10-24(15-22)38-20-21-7-3-2-4-8-21/h2-18,34H,19-20H2,1H3/b28-17-,31-18+,32-30-. The van der Waals surface area contributed by atoms with Crippen LogP contribution in [0.2, 0.25) is 0 Å². The summed E-state index contributed by atoms with van der Waals surface area (Å²) < 4.78 is 16.5. The molecule has 0 saturated carbocycles. The monoisotopic (exact) mass is 539 g/mol. The average molecular weight is 540 g/mol. The molecule has 0 aliphatic carbocycles. The Morgan fingerprint density at radius 1 is 1.00 bits per heavy atom. The number of furan rings is 1. The van der Waals surface area contributed by atoms with Crippen LogP contribution in [0.5, 0.6) is 17.2 Å². The zero-order valence-electron chi connectivity index (χ0n) is 21.1. The molecule has 5 rings (SSSR count). The van der Waals surface area contributed by atoms with Gasteiger partial charge in [-0.1, -0.05) is 42.5 Å². The number of phenols is 1. The summed E-state index contributed by atoms with van der Waals surface area (Å²) in [6.45, 7) is 0.672. The van der Waals surface area contributed by atoms with Crippen LogP contribution < -0.4 is 9.47 Å². The van der Waals surface area contributed by atoms with E-state index in [2.05, 4.69) is 10.2 Å². The van der Waals surface area contributed by atoms with Crippen molar-refractivity contribution in [3.05, 3.63) is 119 Å². The van der Waals surface area contributed by atoms with E-state index >= 15 is 0 Å². The van der Waals surface area contributed by atoms with Crippen LogP contribution in [0.15, 0.2) is 111 Å². The summed E-state index contributed by atoms with van der Waals surface area (Å²) in [5, 5.41) is 18.7. The summed E-state index contributed by atoms with van der Waals surface area (Å²) in [4.78, 5) is 15.4. The molecule has 0 atom stereocenters. The van der Waals surface area contributed by atoms with Crippen LogP contribution in [0.4, 0.5) is 0 Å². The first-order valence-corrected chi connectivity index (χ1v) is 12.9. The molecule has 0 spiro atoms. The van der Waals surface area contributed by atoms with Crippen LogP contribution in [0, 0.1) is 0 Å². The van der Waals surface area contributed by atoms with E-state index in [9.17, 15) is 9.90 Å². The molecular weight excluding hydrogens is 514 g/mol. The summed E-state index contributed by atoms with van der Waals surface area (Å²) in [5.41, 5.74) is 2.59. The van der Waals surface area contributed by atoms with Crippen molar-refractivity contribution in [3.63, 3.8) is 0 Å². The number of nitrogens with zero attached hydrogens (tertiary/aromatic N) is 3. The second-order valence-corrected chi connectivity index (χ2v) is 9.50. The first kappa shape index (κ1) is 25.9. The fourth-order valence-electron chi connectivity index (χ4n) is 3.79. The molecule has 0 unspecified atom stereocenters. The van der Waals surface area contributed by atoms with Crippen molar-refractivity contribution in [1.82, 2.24) is 4.90 Å². The van der Waals surface area contributed by atoms with E-state index in [4.69, 9.17) is 13.9 Å². The molecule has 1 N–H and O–H groups in total. The number of ether oxygens (including phenoxy) is 2. The maximum absolute atomic E-state index is 13.4. The predicted octanol–water partition coefficient (Wildman–Crippen LogP) is 6.08. The minimum absolute atomic E-state index is 0.0341. The molecule has 3 aromatic carbocycles. The zero-order chi connectivity index (χ0) is 27.0. The Morgan fingerprint density at radius 3 is 2.67 bits per heavy atom. The number of hydrogen-bond acceptors (Lipinski definition) is 8. The molecule has 0 bridgehead atoms. The summed E-state index contributed by atoms with van der Waals surface area (Å²) in [6.07, 6.45) is 4.91. The molecule has 1 aliphatic rings. The third-order valence-corrected chi connectivity index (χ3v) is 6.74. The van der Waals surface area contributed by atoms with Crippen molar-refractivity contribution < 1.29 is 23.8 Å². The summed E-state index contributed by atoms with van der Waals surface area (Å²) in [6, 6.07) is 25.9. The lowest BCUT2D eigenvalue weighted by Gasteiger charge is -2.12. The zero-order valence-corrected chi connectivity index (χ0v) is 21.9. The van der Waals surface area contributed by atoms with Gasteiger partial charge >= 0.3 is 0 Å². The van der Waals surface area contributed by atoms with Crippen molar-refractivity contribution in [2.45, 2.75) is 13.2 Å². The van der Waals surface area contributed by atoms with Crippen LogP contribution in [0.25, 0.3) is 6.08 Å². The second-order valence-electron chi connectivity index (χ2n) is 8.49. The minimum Gasteiger partial charge on any atom is -0.504 e. The van der Waals surface area contributed by atoms with Crippen LogP contribution in [0.3, 0.4) is 0 Å². The normalized spacial score (nSPS) is 15.5. The lowest BCUT2D eigenvalue weighted by atomic mass is 10.2. The van der Waals surface area contributed by atoms with Gasteiger partial charge in [-0.25, -0.2) is 0 Å². The van der Waals surface area contributed by atoms with Gasteiger partial charge in [-0.2, -0.15) is 5.10 Å². The molecule has 1 aromatic heterocycles. The number of benzene rings is 3. The molecule has 1 saturated heterocycles. The Balaban J connectivity index is 1.36. The molecule has 1 amide bonds. The van der Waals surface area contributed by atoms with E-state index < -0.39 is 0 Å². The molecule has 2 heterocycles. The number of amidine groups is 1. The number of thioether (sulfide) groups is 1. The number of phenolic OH excluding ortho intramolecular Hbond substituents is 1. The Bertz CT molecular complexity index is 1530. The van der Waals surface area contributed by atoms with Crippen molar-refractivity contribution in [2.75, 3.05) is 7.11 Å². The van der Waals surface area contributed by atoms with Gasteiger partial charge in [0.15, 0.2) is 16.7 Å². The second kappa shape index (κ2) is 12.2. The van der Waals surface area contributed by atoms with E-state index in [0.717, 1.165) is 11.1 Å². The fourth-order valence-corrected chi connectivity index (χ4v) is 4.72. The highest BCUT2D eigenvalue weighted by Crippen LogP contribution is 2.34. The number of rotatable bonds is 9. The highest BCUT2D eigenvalue weighted by Gasteiger charge is 2.34. The van der Waals surface area contributed by atoms with Gasteiger partial charge in [0, 0.05) is 0 Å². The third-order valence-electron chi connectivity index (χ3n) is 5.74. The molecule has 4 aromatic rings. The number of amides is 1. The van der Waals surface area contributed by atoms with Crippen molar-refractivity contribution >= 4 is 35.1 Å². The number of methoxy groups -OCH3 is 1. The molecule has 1 aliphatic heterocycles. The first-order chi connectivity index (χ1) is 19.1. The minimum atomic E-state index is -0.202. The summed E-state index contributed by atoms with van der Waals surface area (Å²) in [7, 11) is 1.47. The van der Waals surface area contributed by atoms with Crippen molar-refractivity contribution in [1.29, 1.82) is 0 Å². The lowest BCUT2D eigenvalue weighted by molar-refractivity contribution is -0.122. The fraction of sp³-hybridized carbons (Fsp3) is 0.100. The molecule has 0 radical (unpaired) electrons. The average Bonchev–Trinajstić information content (AvgIpc) is 3.58. The number of aromatic hydroxyl groups is 1. The number of hydrogen-bond donors (Lipinski definition) is 1. The van der Waals surface area contributed by atoms with Gasteiger partial charge in [-0.05, 0) is 77.0 Å². The quantitative estimate of drug-likeness (QED) is 0.157. The largest absolute Gasteiger partial charge is 0.504 e. The van der Waals surface area contributed by atoms with E-state index in [1.54, 1.807) is 30.5 Å². The maximum atomic E-state index is 13.4. The molecule has 39 heavy (non-hydrogen) atoms. The van der Waals surface area contributed by atoms with Crippen molar-refractivity contribution in [2.24, 2.45) is 10.2 Å². The Labute approximate surface area is 229 Å². The number of carbonyl (C=O) groups is 1. The highest BCUT2D eigenvalue weighted by atomic mass is 32.2. The lowest BCUT2D eigenvalue weighted by Crippen LogP contribution is -2.28. The Kier molecular flexibility index (Phi) is 8.09. The Morgan fingerprint density at radius 2 is 1.87 bits per heavy atom. The first-order valence-electron chi connectivity index (χ1n) is 12.1. The van der Waals surface area contributed by atoms with Gasteiger partial charge < -0.3 is 19.0 Å². The van der Waals surface area contributed by atoms with Gasteiger partial charge in [0.05, 0.1) is 31.0 Å². The smallest absolute Gasteiger partial charge is 0.267 e. The summed E-state index contributed by atoms with van der Waals surface area (Å²) in [5.74, 6) is 1.50. The molecule has 196 valence electrons. The molecular formula is C30H25N3O5S. The van der Waals surface area contributed by atoms with Crippen LogP contribution in [-0.2, 0) is 17.9 Å². The maximum Gasteiger partial charge on any atom is 0.267 e. The Hall–Kier alpha value is -4.76. The van der Waals surface area contributed by atoms with E-state index in [-0.39, 0.29) is 18.2 Å². The van der Waals surface area contributed by atoms with Gasteiger partial charge in [0.2, 0.25) is 0 Å². The van der Waals surface area contributed by atoms with Crippen LogP contribution in [-0.4, -0.2) is 34.4 Å². The molecule has 9 heteroatoms. The van der Waals surface area contributed by atoms with Gasteiger partial charge in [-0.15, -0.1) is 5.10 Å². The van der Waals surface area contributed by atoms with Crippen LogP contribution in [0.1, 0.15) is 22.5 Å². The van der Waals surface area contributed by atoms with Gasteiger partial charge in [0.25, 0.3) is 5.91 Å². The van der Waals surface area contributed by atoms with Crippen LogP contribution >= 0.6 is 11.8 Å². The molecule has 1 fully saturated rings. The SMILES string of the molecule is COc1cc(/C=N/N=C2\S/C(=C\c3cccc(OCc4ccccc4)c3)C(=O)N2Cc2ccco2)ccc1O. The van der Waals surface area contributed by atoms with E-state index in [1.165, 1.54) is 36.1 Å². The molecule has 8 nitrogen and oxygen atoms in total. The highest BCUT2D eigenvalue weighted by molar-refractivity contribution is 8.18. The number of carbonyl (C=O) groups excluding carboxylic acids is 1. The van der Waals surface area contributed by atoms with E-state index in [1.807, 2.05) is 60.7 Å². The van der Waals surface area contributed by atoms with Gasteiger partial charge in [0.1, 0.15) is 18.1 Å². The summed E-state index contributed by atoms with van der Waals surface area (Å²) >= 11 is 1.23. The van der Waals surface area contributed by atoms with Gasteiger partial charge in [-0.3, -0.25) is 9.69 Å². The van der Waals surface area contributed by atoms with E-state index in [0.29, 0.717) is 39.5 Å². The third kappa shape index (κ3) is 6.58. The predicted molar refractivity (Wildman–Crippen MR) is 152 cm³/mol.